The summed E-state index contributed by atoms with van der Waals surface area (Å²) in [5.74, 6) is -0.490. The standard InChI is InChI=1S/C8H11N3O3/c1-3-14-6-10-11-7(4-5-9-11)8(12)13-2/h4-6H,3H2,1-2H3/b10-6+. The van der Waals surface area contributed by atoms with E-state index < -0.39 is 5.97 Å². The molecule has 6 heteroatoms. The largest absolute Gasteiger partial charge is 0.482 e. The maximum atomic E-state index is 11.1. The summed E-state index contributed by atoms with van der Waals surface area (Å²) in [7, 11) is 1.30. The Kier molecular flexibility index (Phi) is 3.66. The molecule has 0 fully saturated rings. The van der Waals surface area contributed by atoms with Gasteiger partial charge in [-0.15, -0.1) is 9.89 Å². The zero-order valence-electron chi connectivity index (χ0n) is 8.01. The van der Waals surface area contributed by atoms with E-state index in [0.717, 1.165) is 4.79 Å². The lowest BCUT2D eigenvalue weighted by atomic mass is 10.4. The second-order valence-corrected chi connectivity index (χ2v) is 2.27. The van der Waals surface area contributed by atoms with Gasteiger partial charge in [-0.25, -0.2) is 4.79 Å². The zero-order valence-corrected chi connectivity index (χ0v) is 8.01. The summed E-state index contributed by atoms with van der Waals surface area (Å²) in [4.78, 5) is 12.3. The lowest BCUT2D eigenvalue weighted by Gasteiger charge is -1.98. The van der Waals surface area contributed by atoms with Gasteiger partial charge >= 0.3 is 5.97 Å². The van der Waals surface area contributed by atoms with E-state index in [1.54, 1.807) is 0 Å². The van der Waals surface area contributed by atoms with Crippen molar-refractivity contribution in [2.45, 2.75) is 6.92 Å². The van der Waals surface area contributed by atoms with Crippen LogP contribution in [0.5, 0.6) is 0 Å². The first-order chi connectivity index (χ1) is 6.79. The molecule has 0 atom stereocenters. The van der Waals surface area contributed by atoms with Crippen molar-refractivity contribution in [3.63, 3.8) is 0 Å². The van der Waals surface area contributed by atoms with Gasteiger partial charge in [-0.1, -0.05) is 0 Å². The molecule has 0 aromatic carbocycles. The van der Waals surface area contributed by atoms with Crippen LogP contribution in [0.1, 0.15) is 17.4 Å². The van der Waals surface area contributed by atoms with Gasteiger partial charge in [0.15, 0.2) is 12.1 Å². The lowest BCUT2D eigenvalue weighted by Crippen LogP contribution is -2.08. The van der Waals surface area contributed by atoms with Crippen LogP contribution in [0.4, 0.5) is 0 Å². The van der Waals surface area contributed by atoms with Crippen LogP contribution in [0.3, 0.4) is 0 Å². The van der Waals surface area contributed by atoms with Gasteiger partial charge in [-0.3, -0.25) is 0 Å². The highest BCUT2D eigenvalue weighted by molar-refractivity contribution is 5.87. The second kappa shape index (κ2) is 5.00. The van der Waals surface area contributed by atoms with E-state index in [9.17, 15) is 4.79 Å². The fourth-order valence-corrected chi connectivity index (χ4v) is 0.795. The van der Waals surface area contributed by atoms with Gasteiger partial charge in [0.05, 0.1) is 19.9 Å². The van der Waals surface area contributed by atoms with Gasteiger partial charge in [-0.2, -0.15) is 5.10 Å². The summed E-state index contributed by atoms with van der Waals surface area (Å²) >= 11 is 0. The monoisotopic (exact) mass is 197 g/mol. The molecule has 0 radical (unpaired) electrons. The van der Waals surface area contributed by atoms with Crippen LogP contribution in [-0.2, 0) is 9.47 Å². The molecule has 14 heavy (non-hydrogen) atoms. The molecule has 0 unspecified atom stereocenters. The molecule has 0 aliphatic carbocycles. The van der Waals surface area contributed by atoms with Crippen molar-refractivity contribution in [2.75, 3.05) is 13.7 Å². The third-order valence-electron chi connectivity index (χ3n) is 1.42. The van der Waals surface area contributed by atoms with E-state index in [0.29, 0.717) is 6.61 Å². The third kappa shape index (κ3) is 2.32. The average Bonchev–Trinajstić information content (AvgIpc) is 2.65. The molecule has 0 N–H and O–H groups in total. The Bertz CT molecular complexity index is 332. The van der Waals surface area contributed by atoms with Crippen LogP contribution in [-0.4, -0.2) is 36.0 Å². The molecule has 0 saturated heterocycles. The van der Waals surface area contributed by atoms with E-state index in [1.807, 2.05) is 6.92 Å². The number of hydrogen-bond donors (Lipinski definition) is 0. The topological polar surface area (TPSA) is 65.7 Å². The Hall–Kier alpha value is -1.85. The second-order valence-electron chi connectivity index (χ2n) is 2.27. The molecule has 6 nitrogen and oxygen atoms in total. The Morgan fingerprint density at radius 1 is 1.79 bits per heavy atom. The Morgan fingerprint density at radius 3 is 3.21 bits per heavy atom. The van der Waals surface area contributed by atoms with E-state index in [1.165, 1.54) is 25.8 Å². The lowest BCUT2D eigenvalue weighted by molar-refractivity contribution is 0.0588. The van der Waals surface area contributed by atoms with Gasteiger partial charge in [0.2, 0.25) is 0 Å². The first-order valence-electron chi connectivity index (χ1n) is 4.06. The van der Waals surface area contributed by atoms with Crippen LogP contribution in [0.15, 0.2) is 17.4 Å². The summed E-state index contributed by atoms with van der Waals surface area (Å²) in [6.45, 7) is 2.34. The van der Waals surface area contributed by atoms with Crippen LogP contribution in [0.2, 0.25) is 0 Å². The fourth-order valence-electron chi connectivity index (χ4n) is 0.795. The number of esters is 1. The molecule has 0 amide bonds. The predicted octanol–water partition coefficient (Wildman–Crippen LogP) is 0.498. The molecule has 76 valence electrons. The number of hydrogen-bond acceptors (Lipinski definition) is 5. The molecule has 0 saturated carbocycles. The number of carbonyl (C=O) groups is 1. The molecule has 1 heterocycles. The normalized spacial score (nSPS) is 10.4. The van der Waals surface area contributed by atoms with Crippen LogP contribution in [0.25, 0.3) is 0 Å². The maximum absolute atomic E-state index is 11.1. The Labute approximate surface area is 81.1 Å². The van der Waals surface area contributed by atoms with Crippen molar-refractivity contribution in [2.24, 2.45) is 5.10 Å². The maximum Gasteiger partial charge on any atom is 0.358 e. The minimum absolute atomic E-state index is 0.253. The number of aromatic nitrogens is 2. The van der Waals surface area contributed by atoms with E-state index >= 15 is 0 Å². The number of methoxy groups -OCH3 is 1. The van der Waals surface area contributed by atoms with E-state index in [4.69, 9.17) is 4.74 Å². The summed E-state index contributed by atoms with van der Waals surface area (Å²) in [6.07, 6.45) is 2.68. The van der Waals surface area contributed by atoms with E-state index in [2.05, 4.69) is 14.9 Å². The van der Waals surface area contributed by atoms with Crippen molar-refractivity contribution < 1.29 is 14.3 Å². The van der Waals surface area contributed by atoms with Crippen molar-refractivity contribution >= 4 is 12.4 Å². The van der Waals surface area contributed by atoms with Gasteiger partial charge in [0.25, 0.3) is 0 Å². The molecule has 0 aliphatic rings. The quantitative estimate of drug-likeness (QED) is 0.400. The van der Waals surface area contributed by atoms with Gasteiger partial charge in [-0.05, 0) is 13.0 Å². The molecule has 0 spiro atoms. The fraction of sp³-hybridized carbons (Fsp3) is 0.375. The average molecular weight is 197 g/mol. The number of rotatable bonds is 4. The molecule has 1 aromatic heterocycles. The van der Waals surface area contributed by atoms with Crippen LogP contribution < -0.4 is 0 Å². The van der Waals surface area contributed by atoms with Crippen molar-refractivity contribution in [3.05, 3.63) is 18.0 Å². The molecule has 1 aromatic rings. The van der Waals surface area contributed by atoms with Crippen molar-refractivity contribution in [1.29, 1.82) is 0 Å². The number of carbonyl (C=O) groups excluding carboxylic acids is 1. The molecular formula is C8H11N3O3. The first-order valence-corrected chi connectivity index (χ1v) is 4.06. The first kappa shape index (κ1) is 10.2. The Balaban J connectivity index is 2.77. The smallest absolute Gasteiger partial charge is 0.358 e. The molecule has 0 aliphatic heterocycles. The van der Waals surface area contributed by atoms with Crippen LogP contribution >= 0.6 is 0 Å². The predicted molar refractivity (Wildman–Crippen MR) is 49.1 cm³/mol. The third-order valence-corrected chi connectivity index (χ3v) is 1.42. The summed E-state index contributed by atoms with van der Waals surface area (Å²) in [6, 6.07) is 1.51. The van der Waals surface area contributed by atoms with Gasteiger partial charge < -0.3 is 9.47 Å². The zero-order chi connectivity index (χ0) is 10.4. The van der Waals surface area contributed by atoms with Crippen LogP contribution in [0, 0.1) is 0 Å². The highest BCUT2D eigenvalue weighted by Crippen LogP contribution is 1.99. The summed E-state index contributed by atoms with van der Waals surface area (Å²) in [5, 5.41) is 7.58. The van der Waals surface area contributed by atoms with Crippen molar-refractivity contribution in [3.8, 4) is 0 Å². The summed E-state index contributed by atoms with van der Waals surface area (Å²) in [5.41, 5.74) is 0.253. The van der Waals surface area contributed by atoms with Gasteiger partial charge in [0.1, 0.15) is 0 Å². The highest BCUT2D eigenvalue weighted by Gasteiger charge is 2.10. The minimum Gasteiger partial charge on any atom is -0.482 e. The molecule has 0 bridgehead atoms. The SMILES string of the molecule is CCO/C=N/n1nccc1C(=O)OC. The number of nitrogens with zero attached hydrogens (tertiary/aromatic N) is 3. The summed E-state index contributed by atoms with van der Waals surface area (Å²) < 4.78 is 9.40. The van der Waals surface area contributed by atoms with Gasteiger partial charge in [0, 0.05) is 0 Å². The number of ether oxygens (including phenoxy) is 2. The van der Waals surface area contributed by atoms with Crippen molar-refractivity contribution in [1.82, 2.24) is 9.89 Å². The minimum atomic E-state index is -0.490. The highest BCUT2D eigenvalue weighted by atomic mass is 16.5. The molecular weight excluding hydrogens is 186 g/mol. The molecule has 1 rings (SSSR count). The van der Waals surface area contributed by atoms with E-state index in [-0.39, 0.29) is 5.69 Å². The Morgan fingerprint density at radius 2 is 2.57 bits per heavy atom.